The van der Waals surface area contributed by atoms with Crippen LogP contribution in [0, 0.1) is 0 Å². The first-order valence-electron chi connectivity index (χ1n) is 7.01. The molecule has 0 radical (unpaired) electrons. The molecule has 7 heteroatoms. The second-order valence-corrected chi connectivity index (χ2v) is 5.73. The molecule has 2 atom stereocenters. The van der Waals surface area contributed by atoms with Crippen LogP contribution in [0.5, 0.6) is 11.5 Å². The highest BCUT2D eigenvalue weighted by Crippen LogP contribution is 2.35. The molecule has 22 heavy (non-hydrogen) atoms. The van der Waals surface area contributed by atoms with E-state index in [-0.39, 0.29) is 18.1 Å². The predicted molar refractivity (Wildman–Crippen MR) is 85.4 cm³/mol. The van der Waals surface area contributed by atoms with Gasteiger partial charge in [-0.2, -0.15) is 4.98 Å². The van der Waals surface area contributed by atoms with Gasteiger partial charge in [0.15, 0.2) is 11.6 Å². The van der Waals surface area contributed by atoms with E-state index >= 15 is 0 Å². The summed E-state index contributed by atoms with van der Waals surface area (Å²) < 4.78 is 5.83. The van der Waals surface area contributed by atoms with Gasteiger partial charge in [0.2, 0.25) is 5.95 Å². The number of nitrogen functional groups attached to an aromatic ring is 1. The van der Waals surface area contributed by atoms with Crippen molar-refractivity contribution < 1.29 is 9.84 Å². The minimum atomic E-state index is -0.357. The van der Waals surface area contributed by atoms with Crippen molar-refractivity contribution in [1.82, 2.24) is 9.97 Å². The summed E-state index contributed by atoms with van der Waals surface area (Å²) in [6.45, 7) is 0. The maximum absolute atomic E-state index is 9.85. The summed E-state index contributed by atoms with van der Waals surface area (Å²) in [7, 11) is 1.86. The number of benzene rings is 1. The minimum Gasteiger partial charge on any atom is -0.452 e. The van der Waals surface area contributed by atoms with Crippen molar-refractivity contribution in [2.24, 2.45) is 0 Å². The lowest BCUT2D eigenvalue weighted by Gasteiger charge is -2.40. The Bertz CT molecular complexity index is 665. The molecule has 0 saturated heterocycles. The van der Waals surface area contributed by atoms with E-state index in [0.29, 0.717) is 22.3 Å². The highest BCUT2D eigenvalue weighted by molar-refractivity contribution is 6.30. The van der Waals surface area contributed by atoms with Gasteiger partial charge in [0.05, 0.1) is 18.3 Å². The third-order valence-corrected chi connectivity index (χ3v) is 4.08. The molecule has 1 saturated carbocycles. The topological polar surface area (TPSA) is 84.5 Å². The third kappa shape index (κ3) is 2.93. The molecule has 0 spiro atoms. The van der Waals surface area contributed by atoms with Crippen LogP contribution < -0.4 is 15.4 Å². The summed E-state index contributed by atoms with van der Waals surface area (Å²) in [5, 5.41) is 10.5. The quantitative estimate of drug-likeness (QED) is 0.900. The molecule has 1 aliphatic carbocycles. The molecule has 6 nitrogen and oxygen atoms in total. The standard InChI is InChI=1S/C15H17ClN4O2/c1-20(11-6-7-12(11)21)14-13(8-18-15(17)19-14)22-10-4-2-9(16)3-5-10/h2-5,8,11-12,21H,6-7H2,1H3,(H2,17,18,19). The number of likely N-dealkylation sites (N-methyl/N-ethyl adjacent to an activating group) is 1. The van der Waals surface area contributed by atoms with Gasteiger partial charge >= 0.3 is 0 Å². The Labute approximate surface area is 133 Å². The van der Waals surface area contributed by atoms with Crippen molar-refractivity contribution in [3.63, 3.8) is 0 Å². The fraction of sp³-hybridized carbons (Fsp3) is 0.333. The molecular formula is C15H17ClN4O2. The van der Waals surface area contributed by atoms with Gasteiger partial charge in [-0.05, 0) is 37.1 Å². The predicted octanol–water partition coefficient (Wildman–Crippen LogP) is 2.46. The molecule has 116 valence electrons. The van der Waals surface area contributed by atoms with Crippen molar-refractivity contribution >= 4 is 23.4 Å². The van der Waals surface area contributed by atoms with Crippen LogP contribution in [0.2, 0.25) is 5.02 Å². The zero-order valence-corrected chi connectivity index (χ0v) is 12.9. The van der Waals surface area contributed by atoms with Gasteiger partial charge in [-0.3, -0.25) is 0 Å². The Morgan fingerprint density at radius 1 is 1.32 bits per heavy atom. The van der Waals surface area contributed by atoms with Crippen molar-refractivity contribution in [3.8, 4) is 11.5 Å². The average molecular weight is 321 g/mol. The molecule has 0 amide bonds. The second-order valence-electron chi connectivity index (χ2n) is 5.29. The Balaban J connectivity index is 1.88. The molecule has 1 aromatic carbocycles. The fourth-order valence-electron chi connectivity index (χ4n) is 2.40. The van der Waals surface area contributed by atoms with Gasteiger partial charge in [-0.1, -0.05) is 11.6 Å². The summed E-state index contributed by atoms with van der Waals surface area (Å²) >= 11 is 5.87. The number of aliphatic hydroxyl groups is 1. The van der Waals surface area contributed by atoms with Crippen LogP contribution in [0.4, 0.5) is 11.8 Å². The molecule has 1 aliphatic rings. The number of nitrogens with zero attached hydrogens (tertiary/aromatic N) is 3. The Morgan fingerprint density at radius 2 is 2.05 bits per heavy atom. The highest BCUT2D eigenvalue weighted by atomic mass is 35.5. The highest BCUT2D eigenvalue weighted by Gasteiger charge is 2.34. The van der Waals surface area contributed by atoms with E-state index in [2.05, 4.69) is 9.97 Å². The summed E-state index contributed by atoms with van der Waals surface area (Å²) in [5.41, 5.74) is 5.69. The zero-order valence-electron chi connectivity index (χ0n) is 12.1. The van der Waals surface area contributed by atoms with Crippen molar-refractivity contribution in [2.75, 3.05) is 17.7 Å². The number of ether oxygens (including phenoxy) is 1. The zero-order chi connectivity index (χ0) is 15.7. The lowest BCUT2D eigenvalue weighted by molar-refractivity contribution is 0.0664. The molecule has 0 aliphatic heterocycles. The van der Waals surface area contributed by atoms with Crippen LogP contribution in [0.15, 0.2) is 30.5 Å². The second kappa shape index (κ2) is 5.98. The molecule has 1 aromatic heterocycles. The van der Waals surface area contributed by atoms with Gasteiger partial charge < -0.3 is 20.5 Å². The summed E-state index contributed by atoms with van der Waals surface area (Å²) in [4.78, 5) is 10.1. The number of halogens is 1. The number of anilines is 2. The number of aromatic nitrogens is 2. The van der Waals surface area contributed by atoms with Gasteiger partial charge in [-0.25, -0.2) is 4.98 Å². The van der Waals surface area contributed by atoms with Gasteiger partial charge in [0.25, 0.3) is 0 Å². The molecule has 3 N–H and O–H groups in total. The van der Waals surface area contributed by atoms with Crippen LogP contribution in [0.25, 0.3) is 0 Å². The lowest BCUT2D eigenvalue weighted by atomic mass is 9.88. The van der Waals surface area contributed by atoms with Crippen LogP contribution in [0.1, 0.15) is 12.8 Å². The SMILES string of the molecule is CN(c1nc(N)ncc1Oc1ccc(Cl)cc1)C1CCC1O. The smallest absolute Gasteiger partial charge is 0.222 e. The maximum atomic E-state index is 9.85. The monoisotopic (exact) mass is 320 g/mol. The van der Waals surface area contributed by atoms with E-state index in [0.717, 1.165) is 12.8 Å². The van der Waals surface area contributed by atoms with E-state index in [4.69, 9.17) is 22.1 Å². The number of hydrogen-bond acceptors (Lipinski definition) is 6. The molecule has 3 rings (SSSR count). The Morgan fingerprint density at radius 3 is 2.64 bits per heavy atom. The fourth-order valence-corrected chi connectivity index (χ4v) is 2.53. The van der Waals surface area contributed by atoms with Crippen molar-refractivity contribution in [3.05, 3.63) is 35.5 Å². The first-order valence-corrected chi connectivity index (χ1v) is 7.39. The van der Waals surface area contributed by atoms with Crippen LogP contribution in [-0.4, -0.2) is 34.3 Å². The normalized spacial score (nSPS) is 20.3. The lowest BCUT2D eigenvalue weighted by Crippen LogP contribution is -2.49. The average Bonchev–Trinajstić information content (AvgIpc) is 2.49. The van der Waals surface area contributed by atoms with Crippen LogP contribution in [0.3, 0.4) is 0 Å². The van der Waals surface area contributed by atoms with Gasteiger partial charge in [0, 0.05) is 12.1 Å². The van der Waals surface area contributed by atoms with E-state index in [1.54, 1.807) is 24.3 Å². The van der Waals surface area contributed by atoms with Crippen molar-refractivity contribution in [1.29, 1.82) is 0 Å². The molecular weight excluding hydrogens is 304 g/mol. The maximum Gasteiger partial charge on any atom is 0.222 e. The number of hydrogen-bond donors (Lipinski definition) is 2. The largest absolute Gasteiger partial charge is 0.452 e. The summed E-state index contributed by atoms with van der Waals surface area (Å²) in [6.07, 6.45) is 2.88. The minimum absolute atomic E-state index is 0.0156. The van der Waals surface area contributed by atoms with Crippen LogP contribution in [-0.2, 0) is 0 Å². The van der Waals surface area contributed by atoms with Crippen LogP contribution >= 0.6 is 11.6 Å². The summed E-state index contributed by atoms with van der Waals surface area (Å²) in [6, 6.07) is 7.03. The van der Waals surface area contributed by atoms with E-state index in [1.165, 1.54) is 6.20 Å². The molecule has 0 bridgehead atoms. The molecule has 2 aromatic rings. The van der Waals surface area contributed by atoms with E-state index in [1.807, 2.05) is 11.9 Å². The van der Waals surface area contributed by atoms with E-state index in [9.17, 15) is 5.11 Å². The van der Waals surface area contributed by atoms with Gasteiger partial charge in [-0.15, -0.1) is 0 Å². The molecule has 1 fully saturated rings. The van der Waals surface area contributed by atoms with Gasteiger partial charge in [0.1, 0.15) is 5.75 Å². The molecule has 1 heterocycles. The summed E-state index contributed by atoms with van der Waals surface area (Å²) in [5.74, 6) is 1.84. The third-order valence-electron chi connectivity index (χ3n) is 3.83. The first-order chi connectivity index (χ1) is 10.5. The molecule has 2 unspecified atom stereocenters. The number of nitrogens with two attached hydrogens (primary N) is 1. The van der Waals surface area contributed by atoms with Crippen molar-refractivity contribution in [2.45, 2.75) is 25.0 Å². The number of rotatable bonds is 4. The Kier molecular flexibility index (Phi) is 4.04. The first kappa shape index (κ1) is 14.9. The number of aliphatic hydroxyl groups excluding tert-OH is 1. The Hall–Kier alpha value is -2.05. The van der Waals surface area contributed by atoms with E-state index < -0.39 is 0 Å².